The van der Waals surface area contributed by atoms with Gasteiger partial charge in [0.25, 0.3) is 0 Å². The van der Waals surface area contributed by atoms with Gasteiger partial charge in [0.2, 0.25) is 5.91 Å². The SMILES string of the molecule is CC(C)CC1(CNC(=O)C2CC3CC3C2)CCCC1. The van der Waals surface area contributed by atoms with Gasteiger partial charge < -0.3 is 5.32 Å². The van der Waals surface area contributed by atoms with E-state index in [-0.39, 0.29) is 0 Å². The summed E-state index contributed by atoms with van der Waals surface area (Å²) in [6, 6.07) is 0. The van der Waals surface area contributed by atoms with Gasteiger partial charge in [-0.3, -0.25) is 4.79 Å². The monoisotopic (exact) mass is 263 g/mol. The normalized spacial score (nSPS) is 35.4. The fraction of sp³-hybridized carbons (Fsp3) is 0.941. The van der Waals surface area contributed by atoms with Crippen LogP contribution in [0.15, 0.2) is 0 Å². The molecule has 1 N–H and O–H groups in total. The van der Waals surface area contributed by atoms with Crippen molar-refractivity contribution in [3.63, 3.8) is 0 Å². The molecule has 2 nitrogen and oxygen atoms in total. The van der Waals surface area contributed by atoms with Crippen molar-refractivity contribution < 1.29 is 4.79 Å². The van der Waals surface area contributed by atoms with Crippen molar-refractivity contribution in [3.8, 4) is 0 Å². The van der Waals surface area contributed by atoms with Gasteiger partial charge in [0, 0.05) is 12.5 Å². The maximum Gasteiger partial charge on any atom is 0.223 e. The summed E-state index contributed by atoms with van der Waals surface area (Å²) >= 11 is 0. The Morgan fingerprint density at radius 3 is 2.37 bits per heavy atom. The Kier molecular flexibility index (Phi) is 3.61. The van der Waals surface area contributed by atoms with Gasteiger partial charge >= 0.3 is 0 Å². The highest BCUT2D eigenvalue weighted by atomic mass is 16.1. The van der Waals surface area contributed by atoms with Crippen LogP contribution >= 0.6 is 0 Å². The quantitative estimate of drug-likeness (QED) is 0.804. The molecule has 2 unspecified atom stereocenters. The molecule has 0 aliphatic heterocycles. The van der Waals surface area contributed by atoms with Crippen LogP contribution in [-0.4, -0.2) is 12.5 Å². The molecule has 0 saturated heterocycles. The lowest BCUT2D eigenvalue weighted by molar-refractivity contribution is -0.125. The summed E-state index contributed by atoms with van der Waals surface area (Å²) in [7, 11) is 0. The van der Waals surface area contributed by atoms with E-state index < -0.39 is 0 Å². The minimum atomic E-state index is 0.348. The number of carbonyl (C=O) groups excluding carboxylic acids is 1. The lowest BCUT2D eigenvalue weighted by atomic mass is 9.78. The number of hydrogen-bond acceptors (Lipinski definition) is 1. The summed E-state index contributed by atoms with van der Waals surface area (Å²) in [6.45, 7) is 5.56. The molecule has 0 aromatic heterocycles. The van der Waals surface area contributed by atoms with E-state index in [0.717, 1.165) is 24.3 Å². The Bertz CT molecular complexity index is 333. The van der Waals surface area contributed by atoms with Gasteiger partial charge in [0.05, 0.1) is 0 Å². The first kappa shape index (κ1) is 13.5. The molecule has 0 bridgehead atoms. The fourth-order valence-corrected chi connectivity index (χ4v) is 4.79. The van der Waals surface area contributed by atoms with Crippen LogP contribution in [0.4, 0.5) is 0 Å². The average Bonchev–Trinajstić information content (AvgIpc) is 2.78. The summed E-state index contributed by atoms with van der Waals surface area (Å²) < 4.78 is 0. The maximum absolute atomic E-state index is 12.3. The van der Waals surface area contributed by atoms with Crippen molar-refractivity contribution in [1.82, 2.24) is 5.32 Å². The largest absolute Gasteiger partial charge is 0.355 e. The maximum atomic E-state index is 12.3. The highest BCUT2D eigenvalue weighted by Gasteiger charge is 2.48. The van der Waals surface area contributed by atoms with E-state index in [9.17, 15) is 4.79 Å². The Morgan fingerprint density at radius 1 is 1.16 bits per heavy atom. The van der Waals surface area contributed by atoms with Crippen molar-refractivity contribution in [2.24, 2.45) is 29.1 Å². The van der Waals surface area contributed by atoms with E-state index >= 15 is 0 Å². The van der Waals surface area contributed by atoms with E-state index in [0.29, 0.717) is 17.2 Å². The summed E-state index contributed by atoms with van der Waals surface area (Å²) in [4.78, 5) is 12.3. The average molecular weight is 263 g/mol. The molecule has 108 valence electrons. The second-order valence-electron chi connectivity index (χ2n) is 7.95. The Hall–Kier alpha value is -0.530. The predicted octanol–water partition coefficient (Wildman–Crippen LogP) is 3.76. The minimum absolute atomic E-state index is 0.348. The molecule has 3 saturated carbocycles. The Morgan fingerprint density at radius 2 is 1.79 bits per heavy atom. The third kappa shape index (κ3) is 2.98. The molecule has 0 spiro atoms. The first-order chi connectivity index (χ1) is 9.08. The molecule has 19 heavy (non-hydrogen) atoms. The zero-order chi connectivity index (χ0) is 13.5. The Balaban J connectivity index is 1.50. The molecule has 3 aliphatic rings. The van der Waals surface area contributed by atoms with E-state index in [1.807, 2.05) is 0 Å². The van der Waals surface area contributed by atoms with E-state index in [2.05, 4.69) is 19.2 Å². The zero-order valence-electron chi connectivity index (χ0n) is 12.6. The van der Waals surface area contributed by atoms with Gasteiger partial charge in [-0.2, -0.15) is 0 Å². The third-order valence-electron chi connectivity index (χ3n) is 5.76. The first-order valence-electron chi connectivity index (χ1n) is 8.36. The van der Waals surface area contributed by atoms with Crippen molar-refractivity contribution in [2.45, 2.75) is 65.2 Å². The molecule has 3 rings (SSSR count). The number of hydrogen-bond donors (Lipinski definition) is 1. The summed E-state index contributed by atoms with van der Waals surface area (Å²) in [5.41, 5.74) is 0.422. The van der Waals surface area contributed by atoms with Crippen molar-refractivity contribution in [3.05, 3.63) is 0 Å². The van der Waals surface area contributed by atoms with Gasteiger partial charge in [0.1, 0.15) is 0 Å². The van der Waals surface area contributed by atoms with Crippen molar-refractivity contribution >= 4 is 5.91 Å². The number of nitrogens with one attached hydrogen (secondary N) is 1. The minimum Gasteiger partial charge on any atom is -0.355 e. The molecule has 0 heterocycles. The van der Waals surface area contributed by atoms with Crippen LogP contribution in [0.3, 0.4) is 0 Å². The fourth-order valence-electron chi connectivity index (χ4n) is 4.79. The molecule has 1 amide bonds. The van der Waals surface area contributed by atoms with E-state index in [1.165, 1.54) is 51.4 Å². The number of rotatable bonds is 5. The molecule has 2 heteroatoms. The molecule has 2 atom stereocenters. The topological polar surface area (TPSA) is 29.1 Å². The van der Waals surface area contributed by atoms with Gasteiger partial charge in [-0.1, -0.05) is 26.7 Å². The van der Waals surface area contributed by atoms with Crippen LogP contribution in [0.1, 0.15) is 65.2 Å². The van der Waals surface area contributed by atoms with Gasteiger partial charge in [-0.15, -0.1) is 0 Å². The first-order valence-corrected chi connectivity index (χ1v) is 8.36. The lowest BCUT2D eigenvalue weighted by Crippen LogP contribution is -2.39. The number of amides is 1. The van der Waals surface area contributed by atoms with Crippen LogP contribution in [0, 0.1) is 29.1 Å². The Labute approximate surface area is 117 Å². The summed E-state index contributed by atoms with van der Waals surface area (Å²) in [5.74, 6) is 3.27. The molecule has 0 aromatic rings. The lowest BCUT2D eigenvalue weighted by Gasteiger charge is -2.31. The second kappa shape index (κ2) is 5.10. The third-order valence-corrected chi connectivity index (χ3v) is 5.76. The van der Waals surface area contributed by atoms with Gasteiger partial charge in [-0.25, -0.2) is 0 Å². The number of carbonyl (C=O) groups is 1. The van der Waals surface area contributed by atoms with Crippen LogP contribution < -0.4 is 5.32 Å². The number of fused-ring (bicyclic) bond motifs is 1. The highest BCUT2D eigenvalue weighted by molar-refractivity contribution is 5.79. The summed E-state index contributed by atoms with van der Waals surface area (Å²) in [5, 5.41) is 3.31. The summed E-state index contributed by atoms with van der Waals surface area (Å²) in [6.07, 6.45) is 10.4. The zero-order valence-corrected chi connectivity index (χ0v) is 12.6. The highest BCUT2D eigenvalue weighted by Crippen LogP contribution is 2.54. The standard InChI is InChI=1S/C17H29NO/c1-12(2)10-17(5-3-4-6-17)11-18-16(19)15-8-13-7-14(13)9-15/h12-15H,3-11H2,1-2H3,(H,18,19). The van der Waals surface area contributed by atoms with Crippen LogP contribution in [-0.2, 0) is 4.79 Å². The van der Waals surface area contributed by atoms with Gasteiger partial charge in [0.15, 0.2) is 0 Å². The second-order valence-corrected chi connectivity index (χ2v) is 7.95. The van der Waals surface area contributed by atoms with Crippen LogP contribution in [0.25, 0.3) is 0 Å². The predicted molar refractivity (Wildman–Crippen MR) is 77.7 cm³/mol. The van der Waals surface area contributed by atoms with Crippen LogP contribution in [0.2, 0.25) is 0 Å². The van der Waals surface area contributed by atoms with Gasteiger partial charge in [-0.05, 0) is 61.7 Å². The molecular formula is C17H29NO. The molecule has 0 radical (unpaired) electrons. The van der Waals surface area contributed by atoms with E-state index in [4.69, 9.17) is 0 Å². The smallest absolute Gasteiger partial charge is 0.223 e. The molecule has 3 aliphatic carbocycles. The van der Waals surface area contributed by atoms with Crippen molar-refractivity contribution in [2.75, 3.05) is 6.54 Å². The van der Waals surface area contributed by atoms with E-state index in [1.54, 1.807) is 0 Å². The molecule has 0 aromatic carbocycles. The molecular weight excluding hydrogens is 234 g/mol. The van der Waals surface area contributed by atoms with Crippen LogP contribution in [0.5, 0.6) is 0 Å². The van der Waals surface area contributed by atoms with Crippen molar-refractivity contribution in [1.29, 1.82) is 0 Å². The molecule has 3 fully saturated rings.